The normalized spacial score (nSPS) is 29.2. The first-order valence-corrected chi connectivity index (χ1v) is 7.45. The number of aliphatic hydroxyl groups is 1. The maximum atomic E-state index is 10.2. The second kappa shape index (κ2) is 5.01. The minimum absolute atomic E-state index is 0.0431. The summed E-state index contributed by atoms with van der Waals surface area (Å²) in [6.07, 6.45) is 1.71. The number of ether oxygens (including phenoxy) is 1. The number of hydrogen-bond acceptors (Lipinski definition) is 3. The molecule has 3 atom stereocenters. The fourth-order valence-corrected chi connectivity index (χ4v) is 3.68. The molecule has 2 nitrogen and oxygen atoms in total. The number of hydrogen-bond donors (Lipinski definition) is 1. The summed E-state index contributed by atoms with van der Waals surface area (Å²) in [5.41, 5.74) is 2.87. The van der Waals surface area contributed by atoms with E-state index in [1.165, 1.54) is 11.1 Å². The van der Waals surface area contributed by atoms with Crippen LogP contribution in [0.25, 0.3) is 0 Å². The van der Waals surface area contributed by atoms with Gasteiger partial charge in [-0.25, -0.2) is 0 Å². The van der Waals surface area contributed by atoms with E-state index >= 15 is 0 Å². The van der Waals surface area contributed by atoms with Gasteiger partial charge in [0.15, 0.2) is 0 Å². The second-order valence-corrected chi connectivity index (χ2v) is 6.04. The minimum Gasteiger partial charge on any atom is -0.390 e. The van der Waals surface area contributed by atoms with Gasteiger partial charge in [0, 0.05) is 11.5 Å². The van der Waals surface area contributed by atoms with Crippen LogP contribution in [-0.2, 0) is 11.2 Å². The summed E-state index contributed by atoms with van der Waals surface area (Å²) in [7, 11) is 0. The molecule has 1 heterocycles. The van der Waals surface area contributed by atoms with Crippen molar-refractivity contribution in [2.24, 2.45) is 0 Å². The van der Waals surface area contributed by atoms with Gasteiger partial charge in [-0.1, -0.05) is 24.3 Å². The Morgan fingerprint density at radius 3 is 3.06 bits per heavy atom. The van der Waals surface area contributed by atoms with Crippen molar-refractivity contribution in [1.82, 2.24) is 0 Å². The van der Waals surface area contributed by atoms with Gasteiger partial charge in [0.05, 0.1) is 18.8 Å². The van der Waals surface area contributed by atoms with Gasteiger partial charge in [0.2, 0.25) is 0 Å². The summed E-state index contributed by atoms with van der Waals surface area (Å²) in [6.45, 7) is 0.785. The SMILES string of the molecule is OC(CC1Cc2ccccc21)C1CSCCO1. The monoisotopic (exact) mass is 250 g/mol. The van der Waals surface area contributed by atoms with Crippen LogP contribution in [0.1, 0.15) is 23.5 Å². The van der Waals surface area contributed by atoms with Gasteiger partial charge in [-0.05, 0) is 29.9 Å². The van der Waals surface area contributed by atoms with E-state index in [1.807, 2.05) is 11.8 Å². The third-order valence-electron chi connectivity index (χ3n) is 3.76. The highest BCUT2D eigenvalue weighted by Crippen LogP contribution is 2.38. The third kappa shape index (κ3) is 2.37. The Bertz CT molecular complexity index is 388. The predicted molar refractivity (Wildman–Crippen MR) is 70.6 cm³/mol. The van der Waals surface area contributed by atoms with Crippen molar-refractivity contribution < 1.29 is 9.84 Å². The Labute approximate surface area is 106 Å². The van der Waals surface area contributed by atoms with E-state index in [1.54, 1.807) is 0 Å². The fourth-order valence-electron chi connectivity index (χ4n) is 2.74. The second-order valence-electron chi connectivity index (χ2n) is 4.89. The zero-order chi connectivity index (χ0) is 11.7. The lowest BCUT2D eigenvalue weighted by molar-refractivity contribution is -0.0283. The summed E-state index contributed by atoms with van der Waals surface area (Å²) >= 11 is 1.88. The van der Waals surface area contributed by atoms with E-state index in [0.717, 1.165) is 31.0 Å². The van der Waals surface area contributed by atoms with E-state index in [4.69, 9.17) is 4.74 Å². The van der Waals surface area contributed by atoms with Crippen LogP contribution in [0.4, 0.5) is 0 Å². The Balaban J connectivity index is 1.58. The van der Waals surface area contributed by atoms with Crippen molar-refractivity contribution in [2.75, 3.05) is 18.1 Å². The van der Waals surface area contributed by atoms with E-state index in [9.17, 15) is 5.11 Å². The van der Waals surface area contributed by atoms with Gasteiger partial charge in [0.25, 0.3) is 0 Å². The molecule has 0 radical (unpaired) electrons. The van der Waals surface area contributed by atoms with Crippen molar-refractivity contribution in [3.63, 3.8) is 0 Å². The molecular weight excluding hydrogens is 232 g/mol. The molecule has 3 unspecified atom stereocenters. The number of benzene rings is 1. The standard InChI is InChI=1S/C14H18O2S/c15-13(14-9-17-6-5-16-14)8-11-7-10-3-1-2-4-12(10)11/h1-4,11,13-15H,5-9H2. The van der Waals surface area contributed by atoms with Crippen LogP contribution < -0.4 is 0 Å². The van der Waals surface area contributed by atoms with Crippen LogP contribution in [0.2, 0.25) is 0 Å². The molecular formula is C14H18O2S. The van der Waals surface area contributed by atoms with E-state index in [0.29, 0.717) is 5.92 Å². The Morgan fingerprint density at radius 2 is 2.29 bits per heavy atom. The average molecular weight is 250 g/mol. The smallest absolute Gasteiger partial charge is 0.0924 e. The van der Waals surface area contributed by atoms with Crippen molar-refractivity contribution in [2.45, 2.75) is 31.0 Å². The maximum absolute atomic E-state index is 10.2. The molecule has 92 valence electrons. The largest absolute Gasteiger partial charge is 0.390 e. The summed E-state index contributed by atoms with van der Waals surface area (Å²) in [6, 6.07) is 8.55. The van der Waals surface area contributed by atoms with Gasteiger partial charge in [-0.3, -0.25) is 0 Å². The molecule has 3 heteroatoms. The van der Waals surface area contributed by atoms with Gasteiger partial charge in [-0.2, -0.15) is 11.8 Å². The summed E-state index contributed by atoms with van der Waals surface area (Å²) < 4.78 is 5.63. The van der Waals surface area contributed by atoms with Crippen LogP contribution in [0, 0.1) is 0 Å². The van der Waals surface area contributed by atoms with Gasteiger partial charge in [-0.15, -0.1) is 0 Å². The van der Waals surface area contributed by atoms with Crippen LogP contribution >= 0.6 is 11.8 Å². The lowest BCUT2D eigenvalue weighted by Crippen LogP contribution is -2.37. The zero-order valence-electron chi connectivity index (χ0n) is 9.84. The lowest BCUT2D eigenvalue weighted by atomic mass is 9.74. The molecule has 3 rings (SSSR count). The van der Waals surface area contributed by atoms with Crippen molar-refractivity contribution in [3.8, 4) is 0 Å². The van der Waals surface area contributed by atoms with Crippen molar-refractivity contribution in [3.05, 3.63) is 35.4 Å². The lowest BCUT2D eigenvalue weighted by Gasteiger charge is -2.34. The Hall–Kier alpha value is -0.510. The van der Waals surface area contributed by atoms with Crippen molar-refractivity contribution >= 4 is 11.8 Å². The van der Waals surface area contributed by atoms with Gasteiger partial charge in [0.1, 0.15) is 0 Å². The van der Waals surface area contributed by atoms with Crippen LogP contribution in [0.3, 0.4) is 0 Å². The number of aliphatic hydroxyl groups excluding tert-OH is 1. The van der Waals surface area contributed by atoms with E-state index in [2.05, 4.69) is 24.3 Å². The predicted octanol–water partition coefficient (Wildman–Crippen LogP) is 2.21. The van der Waals surface area contributed by atoms with Crippen LogP contribution in [0.15, 0.2) is 24.3 Å². The first-order valence-electron chi connectivity index (χ1n) is 6.30. The fraction of sp³-hybridized carbons (Fsp3) is 0.571. The van der Waals surface area contributed by atoms with Crippen molar-refractivity contribution in [1.29, 1.82) is 0 Å². The highest BCUT2D eigenvalue weighted by atomic mass is 32.2. The summed E-state index contributed by atoms with van der Waals surface area (Å²) in [4.78, 5) is 0. The topological polar surface area (TPSA) is 29.5 Å². The Morgan fingerprint density at radius 1 is 1.41 bits per heavy atom. The molecule has 0 spiro atoms. The van der Waals surface area contributed by atoms with Crippen LogP contribution in [-0.4, -0.2) is 35.4 Å². The molecule has 1 fully saturated rings. The average Bonchev–Trinajstić information content (AvgIpc) is 2.37. The molecule has 0 amide bonds. The molecule has 1 aliphatic carbocycles. The zero-order valence-corrected chi connectivity index (χ0v) is 10.7. The first kappa shape index (κ1) is 11.6. The number of rotatable bonds is 3. The molecule has 17 heavy (non-hydrogen) atoms. The molecule has 0 aromatic heterocycles. The van der Waals surface area contributed by atoms with Gasteiger partial charge < -0.3 is 9.84 Å². The molecule has 1 saturated heterocycles. The van der Waals surface area contributed by atoms with E-state index < -0.39 is 0 Å². The molecule has 0 bridgehead atoms. The van der Waals surface area contributed by atoms with Gasteiger partial charge >= 0.3 is 0 Å². The highest BCUT2D eigenvalue weighted by molar-refractivity contribution is 7.99. The first-order chi connectivity index (χ1) is 8.34. The highest BCUT2D eigenvalue weighted by Gasteiger charge is 2.31. The molecule has 1 aliphatic heterocycles. The quantitative estimate of drug-likeness (QED) is 0.892. The molecule has 0 saturated carbocycles. The minimum atomic E-state index is -0.304. The summed E-state index contributed by atoms with van der Waals surface area (Å²) in [5, 5.41) is 10.2. The van der Waals surface area contributed by atoms with E-state index in [-0.39, 0.29) is 12.2 Å². The molecule has 2 aliphatic rings. The summed E-state index contributed by atoms with van der Waals surface area (Å²) in [5.74, 6) is 2.54. The van der Waals surface area contributed by atoms with Crippen LogP contribution in [0.5, 0.6) is 0 Å². The third-order valence-corrected chi connectivity index (χ3v) is 4.78. The molecule has 1 aromatic carbocycles. The Kier molecular flexibility index (Phi) is 3.41. The maximum Gasteiger partial charge on any atom is 0.0924 e. The number of fused-ring (bicyclic) bond motifs is 1. The molecule has 1 N–H and O–H groups in total. The number of thioether (sulfide) groups is 1. The molecule has 1 aromatic rings.